The maximum absolute atomic E-state index is 13.3. The SMILES string of the molecule is COc1cc2ccc1OCC(=O)N[C@@H]1CN(C(=O)CCc3c(C)nc(=O)[nH]c3C)CC[C@H]1Oc1ccc(cc1)CNC(=O)CC2. The van der Waals surface area contributed by atoms with Gasteiger partial charge in [-0.05, 0) is 67.6 Å². The molecule has 6 heterocycles. The minimum Gasteiger partial charge on any atom is -0.493 e. The van der Waals surface area contributed by atoms with Crippen LogP contribution in [0.15, 0.2) is 47.3 Å². The van der Waals surface area contributed by atoms with E-state index in [4.69, 9.17) is 14.2 Å². The van der Waals surface area contributed by atoms with Crippen molar-refractivity contribution in [3.05, 3.63) is 81.0 Å². The molecule has 0 spiro atoms. The van der Waals surface area contributed by atoms with E-state index in [1.165, 1.54) is 7.11 Å². The zero-order chi connectivity index (χ0) is 31.9. The van der Waals surface area contributed by atoms with Crippen LogP contribution in [0.5, 0.6) is 17.2 Å². The number of nitrogens with zero attached hydrogens (tertiary/aromatic N) is 2. The first kappa shape index (κ1) is 31.6. The highest BCUT2D eigenvalue weighted by Gasteiger charge is 2.34. The summed E-state index contributed by atoms with van der Waals surface area (Å²) in [7, 11) is 1.52. The molecule has 0 aliphatic carbocycles. The smallest absolute Gasteiger partial charge is 0.345 e. The normalized spacial score (nSPS) is 19.0. The van der Waals surface area contributed by atoms with Gasteiger partial charge in [0.15, 0.2) is 18.1 Å². The highest BCUT2D eigenvalue weighted by Crippen LogP contribution is 2.29. The lowest BCUT2D eigenvalue weighted by Crippen LogP contribution is -2.58. The Morgan fingerprint density at radius 2 is 1.82 bits per heavy atom. The summed E-state index contributed by atoms with van der Waals surface area (Å²) in [6, 6.07) is 12.4. The molecule has 3 amide bonds. The molecule has 4 bridgehead atoms. The van der Waals surface area contributed by atoms with Crippen LogP contribution in [0.25, 0.3) is 0 Å². The van der Waals surface area contributed by atoms with Crippen LogP contribution in [0.3, 0.4) is 0 Å². The van der Waals surface area contributed by atoms with Gasteiger partial charge in [-0.15, -0.1) is 0 Å². The van der Waals surface area contributed by atoms with Crippen molar-refractivity contribution in [1.82, 2.24) is 25.5 Å². The number of aryl methyl sites for hydroxylation is 3. The zero-order valence-corrected chi connectivity index (χ0v) is 25.8. The molecule has 3 N–H and O–H groups in total. The average Bonchev–Trinajstić information content (AvgIpc) is 3.02. The van der Waals surface area contributed by atoms with Gasteiger partial charge < -0.3 is 34.7 Å². The number of H-pyrrole nitrogens is 1. The minimum absolute atomic E-state index is 0.0633. The molecule has 5 aliphatic heterocycles. The second-order valence-electron chi connectivity index (χ2n) is 11.4. The molecule has 12 nitrogen and oxygen atoms in total. The number of carbonyl (C=O) groups is 3. The van der Waals surface area contributed by atoms with E-state index in [1.807, 2.05) is 30.3 Å². The average molecular weight is 618 g/mol. The lowest BCUT2D eigenvalue weighted by Gasteiger charge is -2.39. The first-order chi connectivity index (χ1) is 21.7. The Labute approximate surface area is 261 Å². The Morgan fingerprint density at radius 3 is 2.58 bits per heavy atom. The number of amides is 3. The van der Waals surface area contributed by atoms with Gasteiger partial charge in [0.1, 0.15) is 11.9 Å². The molecular weight excluding hydrogens is 578 g/mol. The number of hydrogen-bond acceptors (Lipinski definition) is 8. The molecule has 1 fully saturated rings. The second-order valence-corrected chi connectivity index (χ2v) is 11.4. The van der Waals surface area contributed by atoms with Gasteiger partial charge in [-0.1, -0.05) is 18.2 Å². The molecule has 3 aromatic rings. The zero-order valence-electron chi connectivity index (χ0n) is 25.8. The van der Waals surface area contributed by atoms with E-state index in [0.29, 0.717) is 67.4 Å². The third-order valence-corrected chi connectivity index (χ3v) is 8.22. The number of ether oxygens (including phenoxy) is 3. The lowest BCUT2D eigenvalue weighted by molar-refractivity contribution is -0.135. The first-order valence-corrected chi connectivity index (χ1v) is 15.1. The van der Waals surface area contributed by atoms with Crippen LogP contribution in [0, 0.1) is 13.8 Å². The molecule has 0 saturated carbocycles. The molecule has 1 saturated heterocycles. The summed E-state index contributed by atoms with van der Waals surface area (Å²) in [4.78, 5) is 59.0. The fourth-order valence-electron chi connectivity index (χ4n) is 5.74. The third-order valence-electron chi connectivity index (χ3n) is 8.22. The third kappa shape index (κ3) is 8.20. The number of carbonyl (C=O) groups excluding carboxylic acids is 3. The van der Waals surface area contributed by atoms with E-state index in [9.17, 15) is 19.2 Å². The Bertz CT molecular complexity index is 1580. The molecule has 5 aliphatic rings. The standard InChI is InChI=1S/C33H39N5O7/c1-20-25(21(2)36-33(42)35-20)10-13-32(41)38-15-14-27-26(18-38)37-31(40)19-44-28-11-6-22(16-29(28)43-3)7-12-30(39)34-17-23-4-8-24(45-27)9-5-23/h4-6,8-9,11,16,26-27H,7,10,12-15,17-19H2,1-3H3,(H,34,39)(H,37,40)(H,35,36,42)/t26-,27-/m1/s1. The molecule has 2 atom stereocenters. The van der Waals surface area contributed by atoms with Crippen molar-refractivity contribution in [2.45, 2.75) is 64.6 Å². The van der Waals surface area contributed by atoms with Crippen LogP contribution < -0.4 is 30.5 Å². The number of benzene rings is 2. The number of nitrogens with one attached hydrogen (secondary N) is 3. The van der Waals surface area contributed by atoms with Gasteiger partial charge in [-0.3, -0.25) is 14.4 Å². The fourth-order valence-corrected chi connectivity index (χ4v) is 5.74. The number of rotatable bonds is 4. The van der Waals surface area contributed by atoms with Gasteiger partial charge in [0, 0.05) is 50.3 Å². The van der Waals surface area contributed by atoms with E-state index in [1.54, 1.807) is 30.9 Å². The van der Waals surface area contributed by atoms with Gasteiger partial charge in [0.05, 0.1) is 13.2 Å². The first-order valence-electron chi connectivity index (χ1n) is 15.1. The van der Waals surface area contributed by atoms with E-state index in [-0.39, 0.29) is 37.3 Å². The molecule has 0 radical (unpaired) electrons. The molecule has 8 rings (SSSR count). The Morgan fingerprint density at radius 1 is 1.04 bits per heavy atom. The maximum atomic E-state index is 13.3. The molecule has 238 valence electrons. The predicted octanol–water partition coefficient (Wildman–Crippen LogP) is 2.13. The topological polar surface area (TPSA) is 152 Å². The van der Waals surface area contributed by atoms with Crippen LogP contribution in [0.2, 0.25) is 0 Å². The molecule has 2 aromatic carbocycles. The molecule has 1 aromatic heterocycles. The Hall–Kier alpha value is -4.87. The van der Waals surface area contributed by atoms with E-state index < -0.39 is 17.8 Å². The van der Waals surface area contributed by atoms with Gasteiger partial charge in [-0.2, -0.15) is 4.98 Å². The van der Waals surface area contributed by atoms with Crippen LogP contribution >= 0.6 is 0 Å². The summed E-state index contributed by atoms with van der Waals surface area (Å²) in [6.45, 7) is 4.42. The van der Waals surface area contributed by atoms with Crippen LogP contribution in [0.1, 0.15) is 47.3 Å². The summed E-state index contributed by atoms with van der Waals surface area (Å²) >= 11 is 0. The maximum Gasteiger partial charge on any atom is 0.345 e. The van der Waals surface area contributed by atoms with Crippen molar-refractivity contribution >= 4 is 17.7 Å². The number of likely N-dealkylation sites (tertiary alicyclic amines) is 1. The number of methoxy groups -OCH3 is 1. The summed E-state index contributed by atoms with van der Waals surface area (Å²) in [5.41, 5.74) is 3.59. The van der Waals surface area contributed by atoms with Crippen molar-refractivity contribution in [2.24, 2.45) is 0 Å². The second kappa shape index (κ2) is 14.3. The van der Waals surface area contributed by atoms with E-state index in [2.05, 4.69) is 20.6 Å². The van der Waals surface area contributed by atoms with Gasteiger partial charge in [0.25, 0.3) is 5.91 Å². The monoisotopic (exact) mass is 617 g/mol. The molecular formula is C33H39N5O7. The molecule has 12 heteroatoms. The van der Waals surface area contributed by atoms with E-state index >= 15 is 0 Å². The summed E-state index contributed by atoms with van der Waals surface area (Å²) < 4.78 is 17.6. The highest BCUT2D eigenvalue weighted by molar-refractivity contribution is 5.79. The molecule has 45 heavy (non-hydrogen) atoms. The Kier molecular flexibility index (Phi) is 10.0. The minimum atomic E-state index is -0.495. The van der Waals surface area contributed by atoms with Gasteiger partial charge >= 0.3 is 5.69 Å². The quantitative estimate of drug-likeness (QED) is 0.403. The lowest BCUT2D eigenvalue weighted by atomic mass is 10.00. The summed E-state index contributed by atoms with van der Waals surface area (Å²) in [6.07, 6.45) is 1.63. The molecule has 0 unspecified atom stereocenters. The van der Waals surface area contributed by atoms with Crippen LogP contribution in [-0.2, 0) is 33.8 Å². The van der Waals surface area contributed by atoms with Gasteiger partial charge in [-0.25, -0.2) is 4.79 Å². The predicted molar refractivity (Wildman–Crippen MR) is 165 cm³/mol. The summed E-state index contributed by atoms with van der Waals surface area (Å²) in [5, 5.41) is 5.98. The number of piperidine rings is 1. The van der Waals surface area contributed by atoms with Gasteiger partial charge in [0.2, 0.25) is 11.8 Å². The van der Waals surface area contributed by atoms with Crippen molar-refractivity contribution in [2.75, 3.05) is 26.8 Å². The van der Waals surface area contributed by atoms with Crippen molar-refractivity contribution in [1.29, 1.82) is 0 Å². The largest absolute Gasteiger partial charge is 0.493 e. The van der Waals surface area contributed by atoms with Crippen molar-refractivity contribution < 1.29 is 28.6 Å². The number of aromatic amines is 1. The van der Waals surface area contributed by atoms with E-state index in [0.717, 1.165) is 16.7 Å². The van der Waals surface area contributed by atoms with Crippen molar-refractivity contribution in [3.63, 3.8) is 0 Å². The summed E-state index contributed by atoms with van der Waals surface area (Å²) in [5.74, 6) is 1.01. The highest BCUT2D eigenvalue weighted by atomic mass is 16.5. The number of aromatic nitrogens is 2. The van der Waals surface area contributed by atoms with Crippen LogP contribution in [0.4, 0.5) is 0 Å². The Balaban J connectivity index is 1.32. The number of hydrogen-bond donors (Lipinski definition) is 3. The van der Waals surface area contributed by atoms with Crippen molar-refractivity contribution in [3.8, 4) is 17.2 Å². The fraction of sp³-hybridized carbons (Fsp3) is 0.424. The van der Waals surface area contributed by atoms with Crippen LogP contribution in [-0.4, -0.2) is 71.5 Å².